The molecule has 0 radical (unpaired) electrons. The number of carbonyl (C=O) groups is 4. The zero-order valence-electron chi connectivity index (χ0n) is 31.9. The molecular weight excluding hydrogens is 746 g/mol. The van der Waals surface area contributed by atoms with Crippen LogP contribution in [-0.4, -0.2) is 102 Å². The lowest BCUT2D eigenvalue weighted by atomic mass is 9.92. The fourth-order valence-electron chi connectivity index (χ4n) is 8.78. The predicted octanol–water partition coefficient (Wildman–Crippen LogP) is 3.77. The van der Waals surface area contributed by atoms with Gasteiger partial charge in [-0.1, -0.05) is 18.2 Å². The summed E-state index contributed by atoms with van der Waals surface area (Å²) in [5, 5.41) is 15.3. The van der Waals surface area contributed by atoms with Crippen molar-refractivity contribution in [2.45, 2.75) is 69.6 Å². The number of amides is 4. The first kappa shape index (κ1) is 38.4. The van der Waals surface area contributed by atoms with Crippen LogP contribution in [0.5, 0.6) is 5.75 Å². The van der Waals surface area contributed by atoms with E-state index in [1.807, 2.05) is 24.3 Å². The van der Waals surface area contributed by atoms with Gasteiger partial charge in [0, 0.05) is 69.3 Å². The maximum atomic E-state index is 13.4. The lowest BCUT2D eigenvalue weighted by Gasteiger charge is -2.40. The van der Waals surface area contributed by atoms with Gasteiger partial charge in [0.1, 0.15) is 29.4 Å². The van der Waals surface area contributed by atoms with Gasteiger partial charge in [-0.3, -0.25) is 39.8 Å². The van der Waals surface area contributed by atoms with Crippen molar-refractivity contribution in [1.82, 2.24) is 36.2 Å². The number of halogens is 1. The van der Waals surface area contributed by atoms with Crippen molar-refractivity contribution < 1.29 is 23.9 Å². The second kappa shape index (κ2) is 16.5. The number of nitriles is 1. The van der Waals surface area contributed by atoms with Gasteiger partial charge in [0.2, 0.25) is 5.91 Å². The van der Waals surface area contributed by atoms with Gasteiger partial charge in [0.15, 0.2) is 0 Å². The highest BCUT2D eigenvalue weighted by molar-refractivity contribution is 6.31. The van der Waals surface area contributed by atoms with Crippen LogP contribution >= 0.6 is 11.6 Å². The highest BCUT2D eigenvalue weighted by atomic mass is 35.5. The van der Waals surface area contributed by atoms with Crippen LogP contribution in [0.2, 0.25) is 5.02 Å². The number of allylic oxidation sites excluding steroid dienone is 3. The Kier molecular flexibility index (Phi) is 11.1. The number of fused-ring (bicyclic) bond motifs is 1. The zero-order valence-corrected chi connectivity index (χ0v) is 32.7. The van der Waals surface area contributed by atoms with Crippen LogP contribution in [0.3, 0.4) is 0 Å². The number of hydrogen-bond acceptors (Lipinski definition) is 11. The summed E-state index contributed by atoms with van der Waals surface area (Å²) in [7, 11) is 0. The molecule has 0 spiro atoms. The number of hydrazine groups is 1. The number of nitrogens with zero attached hydrogens (tertiary/aromatic N) is 5. The van der Waals surface area contributed by atoms with Gasteiger partial charge in [0.05, 0.1) is 27.8 Å². The number of benzene rings is 2. The van der Waals surface area contributed by atoms with E-state index in [1.54, 1.807) is 24.3 Å². The summed E-state index contributed by atoms with van der Waals surface area (Å²) in [4.78, 5) is 60.4. The average molecular weight is 794 g/mol. The summed E-state index contributed by atoms with van der Waals surface area (Å²) in [5.41, 5.74) is 9.50. The predicted molar refractivity (Wildman–Crippen MR) is 214 cm³/mol. The molecule has 1 atom stereocenters. The number of ether oxygens (including phenoxy) is 1. The number of anilines is 1. The number of hydrogen-bond donors (Lipinski definition) is 4. The van der Waals surface area contributed by atoms with Crippen molar-refractivity contribution in [2.24, 2.45) is 5.92 Å². The SMILES string of the molecule is C=C1CCC(N2C(=O)c3ccc(N4CCN(CC5CCN(C6=CC=C(C(=O)NC7CCC(Oc8ccc(C#N)c(Cl)c8)CC7)NN6)CC5)CC4)cc3C2=O)C(=O)N1. The molecule has 5 aliphatic heterocycles. The second-order valence-corrected chi connectivity index (χ2v) is 16.2. The van der Waals surface area contributed by atoms with Crippen LogP contribution in [0.15, 0.2) is 72.3 Å². The number of piperidine rings is 2. The minimum atomic E-state index is -0.814. The smallest absolute Gasteiger partial charge is 0.269 e. The lowest BCUT2D eigenvalue weighted by molar-refractivity contribution is -0.125. The Labute approximate surface area is 337 Å². The van der Waals surface area contributed by atoms with Crippen LogP contribution in [0.1, 0.15) is 77.6 Å². The molecule has 4 fully saturated rings. The third-order valence-corrected chi connectivity index (χ3v) is 12.4. The largest absolute Gasteiger partial charge is 0.490 e. The van der Waals surface area contributed by atoms with Crippen molar-refractivity contribution in [3.8, 4) is 11.8 Å². The van der Waals surface area contributed by atoms with Crippen LogP contribution in [0.4, 0.5) is 5.69 Å². The highest BCUT2D eigenvalue weighted by Gasteiger charge is 2.44. The van der Waals surface area contributed by atoms with Gasteiger partial charge >= 0.3 is 0 Å². The Bertz CT molecular complexity index is 2060. The van der Waals surface area contributed by atoms with Gasteiger partial charge in [-0.25, -0.2) is 0 Å². The summed E-state index contributed by atoms with van der Waals surface area (Å²) in [6.07, 6.45) is 10.2. The molecule has 1 saturated carbocycles. The normalized spacial score (nSPS) is 24.4. The molecule has 1 aliphatic carbocycles. The zero-order chi connectivity index (χ0) is 39.6. The van der Waals surface area contributed by atoms with Crippen molar-refractivity contribution in [1.29, 1.82) is 5.26 Å². The third-order valence-electron chi connectivity index (χ3n) is 12.1. The maximum Gasteiger partial charge on any atom is 0.269 e. The molecule has 4 amide bonds. The fourth-order valence-corrected chi connectivity index (χ4v) is 8.99. The Hall–Kier alpha value is -5.52. The summed E-state index contributed by atoms with van der Waals surface area (Å²) in [6.45, 7) is 10.2. The van der Waals surface area contributed by atoms with E-state index in [2.05, 4.69) is 48.8 Å². The number of imide groups is 1. The minimum Gasteiger partial charge on any atom is -0.490 e. The second-order valence-electron chi connectivity index (χ2n) is 15.8. The Morgan fingerprint density at radius 2 is 1.63 bits per heavy atom. The van der Waals surface area contributed by atoms with Crippen molar-refractivity contribution in [3.05, 3.63) is 94.1 Å². The molecule has 2 aromatic rings. The highest BCUT2D eigenvalue weighted by Crippen LogP contribution is 2.32. The van der Waals surface area contributed by atoms with Crippen molar-refractivity contribution in [3.63, 3.8) is 0 Å². The number of carbonyl (C=O) groups excluding carboxylic acids is 4. The molecule has 1 unspecified atom stereocenters. The van der Waals surface area contributed by atoms with Crippen LogP contribution in [-0.2, 0) is 9.59 Å². The first-order valence-corrected chi connectivity index (χ1v) is 20.4. The van der Waals surface area contributed by atoms with E-state index in [0.717, 1.165) is 101 Å². The standard InChI is InChI=1S/C42H48ClN9O5/c1-26-2-12-37(40(54)45-26)52-41(55)33-10-6-30(22-34(33)42(52)56)50-20-18-49(19-21-50)25-27-14-16-51(17-15-27)38-13-11-36(47-48-38)39(53)46-29-4-8-31(9-5-29)57-32-7-3-28(24-44)35(43)23-32/h3,6-7,10-11,13,22-23,27,29,31,37,47-48H,1-2,4-5,8-9,12,14-21,25H2,(H,45,54)(H,46,53). The van der Waals surface area contributed by atoms with Crippen LogP contribution < -0.4 is 31.1 Å². The van der Waals surface area contributed by atoms with Gasteiger partial charge < -0.3 is 25.2 Å². The Balaban J connectivity index is 0.750. The molecule has 57 heavy (non-hydrogen) atoms. The quantitative estimate of drug-likeness (QED) is 0.274. The maximum absolute atomic E-state index is 13.4. The molecule has 0 aromatic heterocycles. The summed E-state index contributed by atoms with van der Waals surface area (Å²) >= 11 is 6.15. The van der Waals surface area contributed by atoms with Crippen LogP contribution in [0, 0.1) is 17.2 Å². The first-order valence-electron chi connectivity index (χ1n) is 20.0. The number of nitrogens with one attached hydrogen (secondary N) is 4. The van der Waals surface area contributed by atoms with E-state index in [0.29, 0.717) is 57.6 Å². The molecule has 298 valence electrons. The fraction of sp³-hybridized carbons (Fsp3) is 0.452. The summed E-state index contributed by atoms with van der Waals surface area (Å²) < 4.78 is 6.09. The molecule has 6 aliphatic rings. The van der Waals surface area contributed by atoms with E-state index in [4.69, 9.17) is 21.6 Å². The summed E-state index contributed by atoms with van der Waals surface area (Å²) in [5.74, 6) is 0.895. The lowest BCUT2D eigenvalue weighted by Crippen LogP contribution is -2.51. The molecule has 4 N–H and O–H groups in total. The van der Waals surface area contributed by atoms with Gasteiger partial charge in [-0.05, 0) is 99.8 Å². The average Bonchev–Trinajstić information content (AvgIpc) is 3.47. The number of piperazine rings is 1. The third kappa shape index (κ3) is 8.31. The Morgan fingerprint density at radius 1 is 0.877 bits per heavy atom. The minimum absolute atomic E-state index is 0.0370. The van der Waals surface area contributed by atoms with E-state index in [-0.39, 0.29) is 24.0 Å². The first-order chi connectivity index (χ1) is 27.6. The topological polar surface area (TPSA) is 162 Å². The van der Waals surface area contributed by atoms with E-state index >= 15 is 0 Å². The van der Waals surface area contributed by atoms with Gasteiger partial charge in [0.25, 0.3) is 17.7 Å². The van der Waals surface area contributed by atoms with Crippen LogP contribution in [0.25, 0.3) is 0 Å². The van der Waals surface area contributed by atoms with Gasteiger partial charge in [-0.15, -0.1) is 0 Å². The number of likely N-dealkylation sites (tertiary alicyclic amines) is 1. The van der Waals surface area contributed by atoms with Crippen molar-refractivity contribution >= 4 is 40.9 Å². The Morgan fingerprint density at radius 3 is 2.32 bits per heavy atom. The van der Waals surface area contributed by atoms with E-state index in [1.165, 1.54) is 0 Å². The molecule has 8 rings (SSSR count). The van der Waals surface area contributed by atoms with E-state index in [9.17, 15) is 19.2 Å². The number of rotatable bonds is 9. The molecule has 15 heteroatoms. The summed E-state index contributed by atoms with van der Waals surface area (Å²) in [6, 6.07) is 11.9. The molecule has 5 heterocycles. The molecule has 2 aromatic carbocycles. The molecule has 0 bridgehead atoms. The van der Waals surface area contributed by atoms with E-state index < -0.39 is 17.9 Å². The molecular formula is C42H48ClN9O5. The molecule has 3 saturated heterocycles. The monoisotopic (exact) mass is 793 g/mol. The van der Waals surface area contributed by atoms with Gasteiger partial charge in [-0.2, -0.15) is 5.26 Å². The molecule has 14 nitrogen and oxygen atoms in total. The van der Waals surface area contributed by atoms with Crippen molar-refractivity contribution in [2.75, 3.05) is 50.7 Å².